The Morgan fingerprint density at radius 2 is 2.12 bits per heavy atom. The summed E-state index contributed by atoms with van der Waals surface area (Å²) in [6.07, 6.45) is 9.57. The van der Waals surface area contributed by atoms with Crippen LogP contribution in [0, 0.1) is 6.92 Å². The maximum atomic E-state index is 13.2. The van der Waals surface area contributed by atoms with Gasteiger partial charge in [0.05, 0.1) is 52.3 Å². The van der Waals surface area contributed by atoms with Crippen LogP contribution in [0.15, 0.2) is 42.4 Å². The van der Waals surface area contributed by atoms with E-state index in [1.54, 1.807) is 34.7 Å². The van der Waals surface area contributed by atoms with Gasteiger partial charge in [-0.2, -0.15) is 5.10 Å². The molecule has 32 heavy (non-hydrogen) atoms. The summed E-state index contributed by atoms with van der Waals surface area (Å²) >= 11 is 1.64. The van der Waals surface area contributed by atoms with Gasteiger partial charge in [-0.25, -0.2) is 19.6 Å². The molecule has 0 aromatic carbocycles. The molecule has 166 valence electrons. The van der Waals surface area contributed by atoms with Crippen molar-refractivity contribution in [1.82, 2.24) is 34.6 Å². The maximum Gasteiger partial charge on any atom is 0.255 e. The molecular formula is C23H27N7OS. The molecule has 0 fully saturated rings. The first-order chi connectivity index (χ1) is 15.5. The van der Waals surface area contributed by atoms with Gasteiger partial charge in [-0.1, -0.05) is 19.4 Å². The minimum absolute atomic E-state index is 0.165. The first kappa shape index (κ1) is 21.9. The summed E-state index contributed by atoms with van der Waals surface area (Å²) in [6.45, 7) is 6.07. The van der Waals surface area contributed by atoms with Crippen LogP contribution >= 0.6 is 11.3 Å². The molecule has 1 atom stereocenters. The molecule has 8 nitrogen and oxygen atoms in total. The van der Waals surface area contributed by atoms with E-state index in [1.165, 1.54) is 0 Å². The van der Waals surface area contributed by atoms with Crippen molar-refractivity contribution in [2.24, 2.45) is 7.05 Å². The first-order valence-corrected chi connectivity index (χ1v) is 11.6. The van der Waals surface area contributed by atoms with E-state index in [9.17, 15) is 4.79 Å². The SMILES string of the molecule is CCCCc1c(C(=O)NC(C)c2cncn2C)cnn1-c1ncc(C)c(-c2cccs2)n1. The number of unbranched alkanes of at least 4 members (excludes halogenated alkanes) is 1. The van der Waals surface area contributed by atoms with Crippen LogP contribution in [0.2, 0.25) is 0 Å². The summed E-state index contributed by atoms with van der Waals surface area (Å²) in [4.78, 5) is 27.7. The summed E-state index contributed by atoms with van der Waals surface area (Å²) < 4.78 is 3.61. The molecule has 0 aliphatic heterocycles. The molecule has 1 unspecified atom stereocenters. The number of hydrogen-bond donors (Lipinski definition) is 1. The first-order valence-electron chi connectivity index (χ1n) is 10.7. The Morgan fingerprint density at radius 1 is 1.28 bits per heavy atom. The van der Waals surface area contributed by atoms with E-state index in [1.807, 2.05) is 49.2 Å². The van der Waals surface area contributed by atoms with Crippen LogP contribution in [-0.2, 0) is 13.5 Å². The summed E-state index contributed by atoms with van der Waals surface area (Å²) in [7, 11) is 1.91. The molecule has 0 bridgehead atoms. The Morgan fingerprint density at radius 3 is 2.81 bits per heavy atom. The topological polar surface area (TPSA) is 90.5 Å². The zero-order valence-corrected chi connectivity index (χ0v) is 19.6. The van der Waals surface area contributed by atoms with Gasteiger partial charge in [0.25, 0.3) is 11.9 Å². The third-order valence-electron chi connectivity index (χ3n) is 5.43. The van der Waals surface area contributed by atoms with Crippen LogP contribution in [0.5, 0.6) is 0 Å². The van der Waals surface area contributed by atoms with Gasteiger partial charge in [0.15, 0.2) is 0 Å². The zero-order valence-electron chi connectivity index (χ0n) is 18.7. The van der Waals surface area contributed by atoms with E-state index in [-0.39, 0.29) is 11.9 Å². The summed E-state index contributed by atoms with van der Waals surface area (Å²) in [5, 5.41) is 9.62. The number of amides is 1. The number of aromatic nitrogens is 6. The van der Waals surface area contributed by atoms with Crippen molar-refractivity contribution in [2.45, 2.75) is 46.1 Å². The highest BCUT2D eigenvalue weighted by molar-refractivity contribution is 7.13. The van der Waals surface area contributed by atoms with Crippen LogP contribution < -0.4 is 5.32 Å². The molecule has 0 spiro atoms. The number of carbonyl (C=O) groups is 1. The van der Waals surface area contributed by atoms with Crippen molar-refractivity contribution >= 4 is 17.2 Å². The maximum absolute atomic E-state index is 13.2. The molecule has 1 amide bonds. The second-order valence-electron chi connectivity index (χ2n) is 7.82. The summed E-state index contributed by atoms with van der Waals surface area (Å²) in [5.41, 5.74) is 4.19. The highest BCUT2D eigenvalue weighted by Crippen LogP contribution is 2.26. The second kappa shape index (κ2) is 9.44. The molecule has 0 radical (unpaired) electrons. The van der Waals surface area contributed by atoms with Gasteiger partial charge in [0, 0.05) is 13.2 Å². The molecule has 9 heteroatoms. The van der Waals surface area contributed by atoms with Crippen LogP contribution in [0.3, 0.4) is 0 Å². The van der Waals surface area contributed by atoms with E-state index in [0.29, 0.717) is 17.9 Å². The Kier molecular flexibility index (Phi) is 6.45. The van der Waals surface area contributed by atoms with Gasteiger partial charge in [0.1, 0.15) is 0 Å². The number of carbonyl (C=O) groups excluding carboxylic acids is 1. The third kappa shape index (κ3) is 4.34. The van der Waals surface area contributed by atoms with Crippen molar-refractivity contribution in [3.05, 3.63) is 64.9 Å². The number of hydrogen-bond acceptors (Lipinski definition) is 6. The Balaban J connectivity index is 1.68. The van der Waals surface area contributed by atoms with Crippen molar-refractivity contribution in [1.29, 1.82) is 0 Å². The Labute approximate surface area is 191 Å². The summed E-state index contributed by atoms with van der Waals surface area (Å²) in [5.74, 6) is 0.311. The van der Waals surface area contributed by atoms with Crippen molar-refractivity contribution in [3.63, 3.8) is 0 Å². The molecule has 0 saturated carbocycles. The van der Waals surface area contributed by atoms with Crippen molar-refractivity contribution in [2.75, 3.05) is 0 Å². The highest BCUT2D eigenvalue weighted by atomic mass is 32.1. The normalized spacial score (nSPS) is 12.1. The number of imidazole rings is 1. The van der Waals surface area contributed by atoms with Crippen molar-refractivity contribution in [3.8, 4) is 16.5 Å². The zero-order chi connectivity index (χ0) is 22.7. The monoisotopic (exact) mass is 449 g/mol. The number of nitrogens with zero attached hydrogens (tertiary/aromatic N) is 6. The fourth-order valence-electron chi connectivity index (χ4n) is 3.65. The second-order valence-corrected chi connectivity index (χ2v) is 8.77. The lowest BCUT2D eigenvalue weighted by Gasteiger charge is -2.15. The molecule has 4 heterocycles. The molecular weight excluding hydrogens is 422 g/mol. The predicted molar refractivity (Wildman–Crippen MR) is 125 cm³/mol. The molecule has 1 N–H and O–H groups in total. The molecule has 4 aromatic rings. The quantitative estimate of drug-likeness (QED) is 0.434. The fraction of sp³-hybridized carbons (Fsp3) is 0.348. The minimum atomic E-state index is -0.182. The average Bonchev–Trinajstić information content (AvgIpc) is 3.53. The smallest absolute Gasteiger partial charge is 0.255 e. The van der Waals surface area contributed by atoms with Gasteiger partial charge in [-0.05, 0) is 43.7 Å². The molecule has 0 aliphatic rings. The van der Waals surface area contributed by atoms with E-state index < -0.39 is 0 Å². The largest absolute Gasteiger partial charge is 0.344 e. The molecule has 0 aliphatic carbocycles. The predicted octanol–water partition coefficient (Wildman–Crippen LogP) is 4.27. The van der Waals surface area contributed by atoms with E-state index in [2.05, 4.69) is 27.3 Å². The summed E-state index contributed by atoms with van der Waals surface area (Å²) in [6, 6.07) is 3.87. The van der Waals surface area contributed by atoms with Crippen LogP contribution in [0.4, 0.5) is 0 Å². The average molecular weight is 450 g/mol. The van der Waals surface area contributed by atoms with E-state index >= 15 is 0 Å². The number of nitrogens with one attached hydrogen (secondary N) is 1. The van der Waals surface area contributed by atoms with Gasteiger partial charge >= 0.3 is 0 Å². The number of aryl methyl sites for hydroxylation is 2. The van der Waals surface area contributed by atoms with Crippen LogP contribution in [0.1, 0.15) is 60.0 Å². The van der Waals surface area contributed by atoms with Gasteiger partial charge in [0.2, 0.25) is 0 Å². The third-order valence-corrected chi connectivity index (χ3v) is 6.31. The lowest BCUT2D eigenvalue weighted by molar-refractivity contribution is 0.0937. The van der Waals surface area contributed by atoms with Gasteiger partial charge in [-0.3, -0.25) is 4.79 Å². The van der Waals surface area contributed by atoms with E-state index in [0.717, 1.165) is 40.4 Å². The minimum Gasteiger partial charge on any atom is -0.344 e. The molecule has 0 saturated heterocycles. The van der Waals surface area contributed by atoms with Crippen molar-refractivity contribution < 1.29 is 4.79 Å². The highest BCUT2D eigenvalue weighted by Gasteiger charge is 2.22. The number of rotatable bonds is 8. The number of thiophene rings is 1. The Bertz CT molecular complexity index is 1210. The molecule has 4 aromatic heterocycles. The van der Waals surface area contributed by atoms with Crippen LogP contribution in [-0.4, -0.2) is 35.2 Å². The van der Waals surface area contributed by atoms with Gasteiger partial charge in [-0.15, -0.1) is 11.3 Å². The van der Waals surface area contributed by atoms with Crippen LogP contribution in [0.25, 0.3) is 16.5 Å². The lowest BCUT2D eigenvalue weighted by atomic mass is 10.1. The van der Waals surface area contributed by atoms with E-state index in [4.69, 9.17) is 4.98 Å². The fourth-order valence-corrected chi connectivity index (χ4v) is 4.43. The standard InChI is InChI=1S/C23H27N7OS/c1-5-6-8-18-17(22(31)27-16(3)19-13-24-14-29(19)4)12-26-30(18)23-25-11-15(2)21(28-23)20-9-7-10-32-20/h7,9-14,16H,5-6,8H2,1-4H3,(H,27,31). The van der Waals surface area contributed by atoms with Gasteiger partial charge < -0.3 is 9.88 Å². The Hall–Kier alpha value is -3.33. The lowest BCUT2D eigenvalue weighted by Crippen LogP contribution is -2.28. The molecule has 4 rings (SSSR count).